The molecule has 7 N–H and O–H groups in total. The Bertz CT molecular complexity index is 1380. The Labute approximate surface area is 349 Å². The molecule has 0 aromatic carbocycles. The number of rotatable bonds is 9. The number of carboxylic acids is 3. The van der Waals surface area contributed by atoms with Gasteiger partial charge in [-0.25, -0.2) is 4.79 Å². The number of hydrogen-bond acceptors (Lipinski definition) is 11. The zero-order valence-corrected chi connectivity index (χ0v) is 27.1. The monoisotopic (exact) mass is 789 g/mol. The van der Waals surface area contributed by atoms with Gasteiger partial charge in [0.15, 0.2) is 11.9 Å². The molecule has 4 amide bonds. The molecule has 21 heteroatoms. The van der Waals surface area contributed by atoms with E-state index in [1.54, 1.807) is 20.8 Å². The van der Waals surface area contributed by atoms with Crippen molar-refractivity contribution in [3.05, 3.63) is 0 Å². The molecular formula is C33H74LiN9O11. The fourth-order valence-corrected chi connectivity index (χ4v) is 1.95. The number of guanidine groups is 3. The summed E-state index contributed by atoms with van der Waals surface area (Å²) >= 11 is 0. The summed E-state index contributed by atoms with van der Waals surface area (Å²) in [6.45, 7) is -2.12. The first-order chi connectivity index (χ1) is 24.6. The quantitative estimate of drug-likeness (QED) is 0.0910. The molecule has 0 saturated carbocycles. The second-order valence-electron chi connectivity index (χ2n) is 9.24. The summed E-state index contributed by atoms with van der Waals surface area (Å²) in [5, 5.41) is 48.3. The van der Waals surface area contributed by atoms with Crippen molar-refractivity contribution < 1.29 is 84.8 Å². The molecule has 0 fully saturated rings. The van der Waals surface area contributed by atoms with E-state index in [2.05, 4.69) is 10.3 Å². The molecular weight excluding hydrogens is 705 g/mol. The van der Waals surface area contributed by atoms with Crippen LogP contribution in [-0.2, 0) is 33.5 Å². The minimum absolute atomic E-state index is 0. The van der Waals surface area contributed by atoms with Crippen LogP contribution in [0.5, 0.6) is 0 Å². The SMILES string of the molecule is C.C.C.C.C.C.C.[2H]C([2H])([2H])N(CC(=O)O)C(=N)NC(=O)CC.[2H]C([2H])([2H])N(CC(=O)O)C(=NC(=O)OC(C)(C)C)NC(=O)CC.[2H]C([2H])([2H])N(CC(=O)[O-])C(=N)NC(=O)CC.[Li+]. The number of amides is 4. The largest absolute Gasteiger partial charge is 1.00 e. The van der Waals surface area contributed by atoms with E-state index in [0.29, 0.717) is 9.80 Å². The molecule has 0 aliphatic heterocycles. The standard InChI is InChI=1S/C12H21N3O5.2C7H13N3O3.7CH4.Li/c1-6-8(16)13-10(15(5)7-9(17)18)14-11(19)20-12(2,3)4;2*1-3-5(11)9-7(8)10(2)4-6(12)13;;;;;;;;/h6-7H2,1-5H3,(H,17,18)(H,13,14,16,19);2*3-4H2,1-2H3,(H,12,13)(H2,8,9,11);7*1H4;/q;;;;;;;;;;+1/p-1/i5D3;2*2D3;;;;;;;;. The molecule has 0 aliphatic rings. The average Bonchev–Trinajstić information content (AvgIpc) is 2.98. The summed E-state index contributed by atoms with van der Waals surface area (Å²) in [5.74, 6) is -8.49. The van der Waals surface area contributed by atoms with E-state index >= 15 is 0 Å². The van der Waals surface area contributed by atoms with Crippen molar-refractivity contribution in [2.45, 2.75) is 118 Å². The predicted octanol–water partition coefficient (Wildman–Crippen LogP) is -0.130. The maximum Gasteiger partial charge on any atom is 1.00 e. The second-order valence-corrected chi connectivity index (χ2v) is 9.24. The number of nitrogens with zero attached hydrogens (tertiary/aromatic N) is 4. The van der Waals surface area contributed by atoms with Crippen molar-refractivity contribution in [1.82, 2.24) is 30.7 Å². The van der Waals surface area contributed by atoms with Gasteiger partial charge in [-0.1, -0.05) is 72.8 Å². The normalized spacial score (nSPS) is 11.9. The average molecular weight is 789 g/mol. The molecule has 0 spiro atoms. The summed E-state index contributed by atoms with van der Waals surface area (Å²) in [6, 6.07) is 0. The van der Waals surface area contributed by atoms with E-state index < -0.39 is 106 Å². The molecule has 0 rings (SSSR count). The number of carbonyl (C=O) groups is 7. The van der Waals surface area contributed by atoms with E-state index in [-0.39, 0.29) is 95.0 Å². The number of likely N-dealkylation sites (N-methyl/N-ethyl adjacent to an activating group) is 3. The van der Waals surface area contributed by atoms with Crippen LogP contribution >= 0.6 is 0 Å². The minimum Gasteiger partial charge on any atom is -0.548 e. The van der Waals surface area contributed by atoms with Crippen LogP contribution in [0, 0.1) is 10.8 Å². The Morgan fingerprint density at radius 3 is 1.26 bits per heavy atom. The third-order valence-electron chi connectivity index (χ3n) is 3.99. The third kappa shape index (κ3) is 47.3. The van der Waals surface area contributed by atoms with E-state index in [4.69, 9.17) is 38.1 Å². The van der Waals surface area contributed by atoms with E-state index in [9.17, 15) is 38.7 Å². The Balaban J connectivity index is -0.0000000687. The number of aliphatic imine (C=N–C) groups is 1. The van der Waals surface area contributed by atoms with Crippen LogP contribution in [0.3, 0.4) is 0 Å². The molecule has 0 aromatic heterocycles. The zero-order valence-electron chi connectivity index (χ0n) is 36.1. The molecule has 318 valence electrons. The summed E-state index contributed by atoms with van der Waals surface area (Å²) in [7, 11) is 0. The van der Waals surface area contributed by atoms with E-state index in [1.807, 2.05) is 10.6 Å². The number of nitrogens with one attached hydrogen (secondary N) is 5. The fourth-order valence-electron chi connectivity index (χ4n) is 1.95. The Morgan fingerprint density at radius 2 is 0.981 bits per heavy atom. The van der Waals surface area contributed by atoms with Crippen LogP contribution in [-0.4, -0.2) is 131 Å². The van der Waals surface area contributed by atoms with Crippen molar-refractivity contribution in [3.8, 4) is 0 Å². The molecule has 0 saturated heterocycles. The van der Waals surface area contributed by atoms with Crippen LogP contribution < -0.4 is 39.9 Å². The van der Waals surface area contributed by atoms with E-state index in [0.717, 1.165) is 0 Å². The number of aliphatic carboxylic acids is 3. The van der Waals surface area contributed by atoms with Crippen LogP contribution in [0.1, 0.15) is 125 Å². The van der Waals surface area contributed by atoms with Gasteiger partial charge in [-0.15, -0.1) is 4.99 Å². The fraction of sp³-hybridized carbons (Fsp3) is 0.697. The topological polar surface area (TPSA) is 298 Å². The van der Waals surface area contributed by atoms with Crippen molar-refractivity contribution >= 4 is 59.6 Å². The Kier molecular flexibility index (Phi) is 39.1. The molecule has 0 heterocycles. The number of carbonyl (C=O) groups excluding carboxylic acids is 5. The number of hydrogen-bond donors (Lipinski definition) is 7. The van der Waals surface area contributed by atoms with Gasteiger partial charge in [0.1, 0.15) is 18.7 Å². The smallest absolute Gasteiger partial charge is 0.548 e. The van der Waals surface area contributed by atoms with Gasteiger partial charge in [0, 0.05) is 52.5 Å². The van der Waals surface area contributed by atoms with Crippen molar-refractivity contribution in [2.24, 2.45) is 4.99 Å². The summed E-state index contributed by atoms with van der Waals surface area (Å²) in [5.41, 5.74) is -0.891. The van der Waals surface area contributed by atoms with Gasteiger partial charge in [-0.05, 0) is 20.8 Å². The molecule has 0 atom stereocenters. The molecule has 0 aliphatic carbocycles. The maximum atomic E-state index is 11.7. The van der Waals surface area contributed by atoms with Gasteiger partial charge in [0.25, 0.3) is 0 Å². The van der Waals surface area contributed by atoms with E-state index in [1.165, 1.54) is 20.8 Å². The molecule has 0 unspecified atom stereocenters. The predicted molar refractivity (Wildman–Crippen MR) is 210 cm³/mol. The van der Waals surface area contributed by atoms with Gasteiger partial charge in [0.05, 0.1) is 12.5 Å². The molecule has 54 heavy (non-hydrogen) atoms. The van der Waals surface area contributed by atoms with Gasteiger partial charge in [-0.2, -0.15) is 0 Å². The summed E-state index contributed by atoms with van der Waals surface area (Å²) in [6.07, 6.45) is -1.04. The Morgan fingerprint density at radius 1 is 0.667 bits per heavy atom. The number of carboxylic acid groups (broad SMARTS) is 3. The Hall–Kier alpha value is -4.70. The summed E-state index contributed by atoms with van der Waals surface area (Å²) < 4.78 is 69.0. The first kappa shape index (κ1) is 51.4. The van der Waals surface area contributed by atoms with Crippen molar-refractivity contribution in [3.63, 3.8) is 0 Å². The summed E-state index contributed by atoms with van der Waals surface area (Å²) in [4.78, 5) is 81.0. The van der Waals surface area contributed by atoms with Gasteiger partial charge in [-0.3, -0.25) is 50.7 Å². The molecule has 0 bridgehead atoms. The molecule has 20 nitrogen and oxygen atoms in total. The second kappa shape index (κ2) is 41.1. The van der Waals surface area contributed by atoms with Crippen molar-refractivity contribution in [1.29, 1.82) is 10.8 Å². The van der Waals surface area contributed by atoms with Gasteiger partial charge < -0.3 is 39.6 Å². The van der Waals surface area contributed by atoms with Crippen molar-refractivity contribution in [2.75, 3.05) is 40.6 Å². The number of ether oxygens (including phenoxy) is 1. The first-order valence-electron chi connectivity index (χ1n) is 17.5. The molecule has 0 aromatic rings. The maximum absolute atomic E-state index is 11.7. The van der Waals surface area contributed by atoms with Crippen LogP contribution in [0.25, 0.3) is 0 Å². The zero-order chi connectivity index (χ0) is 44.3. The van der Waals surface area contributed by atoms with Crippen LogP contribution in [0.4, 0.5) is 4.79 Å². The van der Waals surface area contributed by atoms with Crippen LogP contribution in [0.15, 0.2) is 4.99 Å². The third-order valence-corrected chi connectivity index (χ3v) is 3.99. The van der Waals surface area contributed by atoms with Gasteiger partial charge >= 0.3 is 36.9 Å². The molecule has 0 radical (unpaired) electrons. The van der Waals surface area contributed by atoms with Gasteiger partial charge in [0.2, 0.25) is 23.7 Å². The minimum atomic E-state index is -2.93. The first-order valence-corrected chi connectivity index (χ1v) is 13.0. The van der Waals surface area contributed by atoms with Crippen LogP contribution in [0.2, 0.25) is 0 Å².